The van der Waals surface area contributed by atoms with Gasteiger partial charge in [0.05, 0.1) is 11.1 Å². The summed E-state index contributed by atoms with van der Waals surface area (Å²) in [7, 11) is 1.89. The Labute approximate surface area is 232 Å². The lowest BCUT2D eigenvalue weighted by Crippen LogP contribution is -2.48. The first-order chi connectivity index (χ1) is 18.6. The number of rotatable bonds is 12. The van der Waals surface area contributed by atoms with Crippen LogP contribution >= 0.6 is 11.8 Å². The molecule has 4 rings (SSSR count). The molecule has 0 atom stereocenters. The minimum atomic E-state index is 0.0403. The monoisotopic (exact) mass is 528 g/mol. The van der Waals surface area contributed by atoms with E-state index in [9.17, 15) is 4.79 Å². The zero-order valence-corrected chi connectivity index (χ0v) is 23.5. The highest BCUT2D eigenvalue weighted by Crippen LogP contribution is 2.29. The molecule has 3 aromatic rings. The summed E-state index contributed by atoms with van der Waals surface area (Å²) in [6.45, 7) is 8.26. The van der Waals surface area contributed by atoms with Crippen molar-refractivity contribution in [2.75, 3.05) is 52.1 Å². The van der Waals surface area contributed by atoms with Gasteiger partial charge in [0, 0.05) is 52.0 Å². The summed E-state index contributed by atoms with van der Waals surface area (Å²) < 4.78 is 0. The highest BCUT2D eigenvalue weighted by atomic mass is 32.2. The minimum absolute atomic E-state index is 0.0403. The summed E-state index contributed by atoms with van der Waals surface area (Å²) in [6, 6.07) is 26.0. The van der Waals surface area contributed by atoms with Crippen molar-refractivity contribution in [2.45, 2.75) is 30.8 Å². The summed E-state index contributed by atoms with van der Waals surface area (Å²) in [5, 5.41) is 1.02. The van der Waals surface area contributed by atoms with Crippen molar-refractivity contribution < 1.29 is 4.79 Å². The molecule has 6 heteroatoms. The topological polar surface area (TPSA) is 39.7 Å². The molecule has 1 aromatic heterocycles. The third-order valence-corrected chi connectivity index (χ3v) is 7.89. The molecule has 1 aliphatic rings. The van der Waals surface area contributed by atoms with Crippen LogP contribution in [0.4, 0.5) is 0 Å². The van der Waals surface area contributed by atoms with Crippen LogP contribution in [0.1, 0.15) is 42.5 Å². The quantitative estimate of drug-likeness (QED) is 0.167. The summed E-state index contributed by atoms with van der Waals surface area (Å²) >= 11 is 1.72. The molecular formula is C32H40N4OS. The van der Waals surface area contributed by atoms with E-state index in [0.29, 0.717) is 6.04 Å². The maximum Gasteiger partial charge on any atom is 0.246 e. The first-order valence-electron chi connectivity index (χ1n) is 13.7. The van der Waals surface area contributed by atoms with Crippen LogP contribution in [0.25, 0.3) is 6.08 Å². The summed E-state index contributed by atoms with van der Waals surface area (Å²) in [5.74, 6) is 1.04. The third kappa shape index (κ3) is 8.29. The van der Waals surface area contributed by atoms with Gasteiger partial charge in [0.25, 0.3) is 0 Å². The van der Waals surface area contributed by atoms with Gasteiger partial charge in [-0.05, 0) is 54.0 Å². The van der Waals surface area contributed by atoms with Crippen LogP contribution in [0.2, 0.25) is 0 Å². The molecule has 1 fully saturated rings. The maximum atomic E-state index is 12.5. The number of carbonyl (C=O) groups excluding carboxylic acids is 1. The average Bonchev–Trinajstić information content (AvgIpc) is 2.97. The number of nitrogens with zero attached hydrogens (tertiary/aromatic N) is 4. The van der Waals surface area contributed by atoms with Crippen molar-refractivity contribution in [3.63, 3.8) is 0 Å². The van der Waals surface area contributed by atoms with E-state index in [1.54, 1.807) is 17.8 Å². The van der Waals surface area contributed by atoms with E-state index in [1.165, 1.54) is 11.1 Å². The lowest BCUT2D eigenvalue weighted by atomic mass is 9.96. The number of amides is 1. The fourth-order valence-corrected chi connectivity index (χ4v) is 5.53. The molecule has 0 saturated carbocycles. The van der Waals surface area contributed by atoms with E-state index in [-0.39, 0.29) is 5.91 Å². The van der Waals surface area contributed by atoms with Crippen molar-refractivity contribution in [3.8, 4) is 0 Å². The number of hydrogen-bond acceptors (Lipinski definition) is 5. The number of hydrogen-bond donors (Lipinski definition) is 0. The van der Waals surface area contributed by atoms with Gasteiger partial charge >= 0.3 is 0 Å². The SMILES string of the molecule is CCSc1ccc(/C=C/C(=O)N(C)CCCCN2CCN(C(c3ccccc3)c3ccccc3)CC2)cn1. The first-order valence-corrected chi connectivity index (χ1v) is 14.7. The van der Waals surface area contributed by atoms with Crippen molar-refractivity contribution in [1.82, 2.24) is 19.7 Å². The molecule has 0 N–H and O–H groups in total. The summed E-state index contributed by atoms with van der Waals surface area (Å²) in [5.41, 5.74) is 3.67. The van der Waals surface area contributed by atoms with Crippen LogP contribution in [0.3, 0.4) is 0 Å². The van der Waals surface area contributed by atoms with Gasteiger partial charge in [0.2, 0.25) is 5.91 Å². The van der Waals surface area contributed by atoms with E-state index in [4.69, 9.17) is 0 Å². The predicted molar refractivity (Wildman–Crippen MR) is 159 cm³/mol. The van der Waals surface area contributed by atoms with Crippen LogP contribution in [0.5, 0.6) is 0 Å². The lowest BCUT2D eigenvalue weighted by molar-refractivity contribution is -0.124. The largest absolute Gasteiger partial charge is 0.342 e. The Hall–Kier alpha value is -2.93. The number of thioether (sulfide) groups is 1. The van der Waals surface area contributed by atoms with Gasteiger partial charge in [-0.15, -0.1) is 11.8 Å². The fourth-order valence-electron chi connectivity index (χ4n) is 4.94. The highest BCUT2D eigenvalue weighted by Gasteiger charge is 2.26. The Bertz CT molecular complexity index is 1090. The van der Waals surface area contributed by atoms with Gasteiger partial charge in [-0.3, -0.25) is 9.69 Å². The molecule has 0 unspecified atom stereocenters. The second kappa shape index (κ2) is 14.9. The summed E-state index contributed by atoms with van der Waals surface area (Å²) in [6.07, 6.45) is 7.44. The number of unbranched alkanes of at least 4 members (excludes halogenated alkanes) is 1. The van der Waals surface area contributed by atoms with E-state index >= 15 is 0 Å². The fraction of sp³-hybridized carbons (Fsp3) is 0.375. The second-order valence-corrected chi connectivity index (χ2v) is 11.0. The molecule has 0 aliphatic carbocycles. The Morgan fingerprint density at radius 3 is 2.18 bits per heavy atom. The number of piperazine rings is 1. The number of likely N-dealkylation sites (N-methyl/N-ethyl adjacent to an activating group) is 1. The van der Waals surface area contributed by atoms with E-state index in [1.807, 2.05) is 36.4 Å². The Morgan fingerprint density at radius 2 is 1.61 bits per heavy atom. The molecule has 1 saturated heterocycles. The second-order valence-electron chi connectivity index (χ2n) is 9.76. The zero-order chi connectivity index (χ0) is 26.6. The zero-order valence-electron chi connectivity index (χ0n) is 22.7. The van der Waals surface area contributed by atoms with Crippen molar-refractivity contribution in [2.24, 2.45) is 0 Å². The van der Waals surface area contributed by atoms with Gasteiger partial charge in [0.15, 0.2) is 0 Å². The molecule has 5 nitrogen and oxygen atoms in total. The van der Waals surface area contributed by atoms with Crippen molar-refractivity contribution in [3.05, 3.63) is 102 Å². The standard InChI is InChI=1S/C32H40N4OS/c1-3-38-30-18-16-27(26-33-30)17-19-31(37)34(2)20-10-11-21-35-22-24-36(25-23-35)32(28-12-6-4-7-13-28)29-14-8-5-9-15-29/h4-9,12-19,26,32H,3,10-11,20-25H2,1-2H3/b19-17+. The molecule has 1 aliphatic heterocycles. The third-order valence-electron chi connectivity index (χ3n) is 7.07. The number of aromatic nitrogens is 1. The van der Waals surface area contributed by atoms with Gasteiger partial charge in [-0.25, -0.2) is 4.98 Å². The smallest absolute Gasteiger partial charge is 0.246 e. The van der Waals surface area contributed by atoms with Gasteiger partial charge in [0.1, 0.15) is 0 Å². The molecule has 0 radical (unpaired) electrons. The van der Waals surface area contributed by atoms with Gasteiger partial charge in [-0.1, -0.05) is 73.7 Å². The van der Waals surface area contributed by atoms with Gasteiger partial charge in [-0.2, -0.15) is 0 Å². The van der Waals surface area contributed by atoms with Crippen LogP contribution in [0, 0.1) is 0 Å². The molecule has 1 amide bonds. The van der Waals surface area contributed by atoms with Crippen molar-refractivity contribution >= 4 is 23.7 Å². The Kier molecular flexibility index (Phi) is 11.0. The molecule has 38 heavy (non-hydrogen) atoms. The van der Waals surface area contributed by atoms with E-state index < -0.39 is 0 Å². The van der Waals surface area contributed by atoms with Crippen LogP contribution < -0.4 is 0 Å². The van der Waals surface area contributed by atoms with Crippen LogP contribution in [0.15, 0.2) is 90.1 Å². The Morgan fingerprint density at radius 1 is 0.947 bits per heavy atom. The van der Waals surface area contributed by atoms with E-state index in [0.717, 1.165) is 68.5 Å². The lowest BCUT2D eigenvalue weighted by Gasteiger charge is -2.40. The van der Waals surface area contributed by atoms with E-state index in [2.05, 4.69) is 82.4 Å². The van der Waals surface area contributed by atoms with Crippen molar-refractivity contribution in [1.29, 1.82) is 0 Å². The normalized spacial score (nSPS) is 14.8. The molecule has 200 valence electrons. The first kappa shape index (κ1) is 28.1. The summed E-state index contributed by atoms with van der Waals surface area (Å²) in [4.78, 5) is 23.9. The van der Waals surface area contributed by atoms with Gasteiger partial charge < -0.3 is 9.80 Å². The predicted octanol–water partition coefficient (Wildman–Crippen LogP) is 5.85. The molecule has 0 bridgehead atoms. The van der Waals surface area contributed by atoms with Crippen LogP contribution in [-0.2, 0) is 4.79 Å². The molecule has 2 aromatic carbocycles. The molecule has 0 spiro atoms. The maximum absolute atomic E-state index is 12.5. The number of benzene rings is 2. The Balaban J connectivity index is 1.18. The number of carbonyl (C=O) groups is 1. The molecule has 2 heterocycles. The molecular weight excluding hydrogens is 488 g/mol. The highest BCUT2D eigenvalue weighted by molar-refractivity contribution is 7.99. The average molecular weight is 529 g/mol. The van der Waals surface area contributed by atoms with Crippen LogP contribution in [-0.4, -0.2) is 77.7 Å². The minimum Gasteiger partial charge on any atom is -0.342 e. The number of pyridine rings is 1.